The molecule has 1 spiro atoms. The number of amides is 1. The molecule has 3 heterocycles. The molecule has 26 heavy (non-hydrogen) atoms. The van der Waals surface area contributed by atoms with E-state index in [0.717, 1.165) is 44.6 Å². The molecule has 2 saturated heterocycles. The van der Waals surface area contributed by atoms with Crippen LogP contribution in [0.1, 0.15) is 24.6 Å². The van der Waals surface area contributed by atoms with Crippen molar-refractivity contribution in [3.63, 3.8) is 0 Å². The maximum absolute atomic E-state index is 12.6. The molecule has 4 rings (SSSR count). The lowest BCUT2D eigenvalue weighted by Crippen LogP contribution is -2.61. The molecule has 0 bridgehead atoms. The average Bonchev–Trinajstić information content (AvgIpc) is 3.19. The number of anilines is 1. The standard InChI is InChI=1S/C21H26N2O2S/c1-17-20(24)23(18-6-3-2-4-7-18)16-21(25-17)10-13-22(14-11-21)12-9-19-8-5-15-26-19/h2-8,15,17H,9-14,16H2,1H3. The first-order chi connectivity index (χ1) is 12.7. The molecule has 2 aromatic rings. The van der Waals surface area contributed by atoms with Gasteiger partial charge in [0.05, 0.1) is 12.1 Å². The summed E-state index contributed by atoms with van der Waals surface area (Å²) in [4.78, 5) is 18.6. The van der Waals surface area contributed by atoms with Crippen molar-refractivity contribution in [2.45, 2.75) is 37.9 Å². The molecule has 1 amide bonds. The average molecular weight is 371 g/mol. The second-order valence-corrected chi connectivity index (χ2v) is 8.41. The number of benzene rings is 1. The van der Waals surface area contributed by atoms with Crippen LogP contribution in [0.2, 0.25) is 0 Å². The highest BCUT2D eigenvalue weighted by atomic mass is 32.1. The van der Waals surface area contributed by atoms with Crippen molar-refractivity contribution in [2.24, 2.45) is 0 Å². The van der Waals surface area contributed by atoms with E-state index in [1.807, 2.05) is 53.5 Å². The van der Waals surface area contributed by atoms with Crippen LogP contribution in [0, 0.1) is 0 Å². The van der Waals surface area contributed by atoms with E-state index in [1.165, 1.54) is 4.88 Å². The van der Waals surface area contributed by atoms with Crippen LogP contribution in [0.15, 0.2) is 47.8 Å². The van der Waals surface area contributed by atoms with E-state index in [1.54, 1.807) is 0 Å². The number of rotatable bonds is 4. The zero-order valence-corrected chi connectivity index (χ0v) is 16.1. The summed E-state index contributed by atoms with van der Waals surface area (Å²) in [6, 6.07) is 14.3. The Labute approximate surface area is 159 Å². The SMILES string of the molecule is CC1OC2(CCN(CCc3cccs3)CC2)CN(c2ccccc2)C1=O. The minimum atomic E-state index is -0.373. The van der Waals surface area contributed by atoms with Gasteiger partial charge in [-0.25, -0.2) is 0 Å². The van der Waals surface area contributed by atoms with Crippen LogP contribution in [0.4, 0.5) is 5.69 Å². The van der Waals surface area contributed by atoms with Gasteiger partial charge in [-0.15, -0.1) is 11.3 Å². The number of para-hydroxylation sites is 1. The lowest BCUT2D eigenvalue weighted by atomic mass is 9.88. The van der Waals surface area contributed by atoms with Gasteiger partial charge in [-0.1, -0.05) is 24.3 Å². The first-order valence-electron chi connectivity index (χ1n) is 9.44. The molecule has 0 N–H and O–H groups in total. The van der Waals surface area contributed by atoms with Crippen LogP contribution < -0.4 is 4.90 Å². The van der Waals surface area contributed by atoms with Gasteiger partial charge in [0, 0.05) is 30.2 Å². The summed E-state index contributed by atoms with van der Waals surface area (Å²) in [6.45, 7) is 5.73. The first kappa shape index (κ1) is 17.7. The maximum atomic E-state index is 12.6. The molecular weight excluding hydrogens is 344 g/mol. The van der Waals surface area contributed by atoms with Gasteiger partial charge in [-0.05, 0) is 49.8 Å². The quantitative estimate of drug-likeness (QED) is 0.825. The molecule has 2 aliphatic heterocycles. The molecule has 4 nitrogen and oxygen atoms in total. The van der Waals surface area contributed by atoms with Crippen LogP contribution in [0.3, 0.4) is 0 Å². The number of morpholine rings is 1. The van der Waals surface area contributed by atoms with Gasteiger partial charge in [-0.3, -0.25) is 4.79 Å². The third-order valence-electron chi connectivity index (χ3n) is 5.58. The van der Waals surface area contributed by atoms with E-state index in [0.29, 0.717) is 6.54 Å². The second-order valence-electron chi connectivity index (χ2n) is 7.37. The number of hydrogen-bond donors (Lipinski definition) is 0. The number of thiophene rings is 1. The topological polar surface area (TPSA) is 32.8 Å². The Bertz CT molecular complexity index is 724. The lowest BCUT2D eigenvalue weighted by molar-refractivity contribution is -0.161. The van der Waals surface area contributed by atoms with Crippen LogP contribution in [-0.4, -0.2) is 48.7 Å². The number of nitrogens with zero attached hydrogens (tertiary/aromatic N) is 2. The highest BCUT2D eigenvalue weighted by Gasteiger charge is 2.45. The molecule has 5 heteroatoms. The van der Waals surface area contributed by atoms with Crippen LogP contribution in [-0.2, 0) is 16.0 Å². The monoisotopic (exact) mass is 370 g/mol. The van der Waals surface area contributed by atoms with E-state index < -0.39 is 0 Å². The minimum Gasteiger partial charge on any atom is -0.360 e. The largest absolute Gasteiger partial charge is 0.360 e. The lowest BCUT2D eigenvalue weighted by Gasteiger charge is -2.49. The van der Waals surface area contributed by atoms with E-state index in [2.05, 4.69) is 22.4 Å². The number of hydrogen-bond acceptors (Lipinski definition) is 4. The highest BCUT2D eigenvalue weighted by molar-refractivity contribution is 7.09. The van der Waals surface area contributed by atoms with Crippen molar-refractivity contribution < 1.29 is 9.53 Å². The summed E-state index contributed by atoms with van der Waals surface area (Å²) in [6.07, 6.45) is 2.72. The van der Waals surface area contributed by atoms with Gasteiger partial charge >= 0.3 is 0 Å². The summed E-state index contributed by atoms with van der Waals surface area (Å²) in [7, 11) is 0. The van der Waals surface area contributed by atoms with E-state index in [-0.39, 0.29) is 17.6 Å². The Morgan fingerprint density at radius 3 is 2.62 bits per heavy atom. The van der Waals surface area contributed by atoms with E-state index in [4.69, 9.17) is 4.74 Å². The summed E-state index contributed by atoms with van der Waals surface area (Å²) in [5.74, 6) is 0.0712. The van der Waals surface area contributed by atoms with Crippen molar-refractivity contribution in [3.8, 4) is 0 Å². The Balaban J connectivity index is 1.40. The number of carbonyl (C=O) groups excluding carboxylic acids is 1. The molecule has 2 aliphatic rings. The molecule has 0 aliphatic carbocycles. The molecule has 0 radical (unpaired) electrons. The van der Waals surface area contributed by atoms with Crippen molar-refractivity contribution in [1.82, 2.24) is 4.90 Å². The summed E-state index contributed by atoms with van der Waals surface area (Å²) in [5, 5.41) is 2.15. The van der Waals surface area contributed by atoms with Gasteiger partial charge in [-0.2, -0.15) is 0 Å². The summed E-state index contributed by atoms with van der Waals surface area (Å²) >= 11 is 1.84. The summed E-state index contributed by atoms with van der Waals surface area (Å²) in [5.41, 5.74) is 0.773. The van der Waals surface area contributed by atoms with Gasteiger partial charge in [0.15, 0.2) is 0 Å². The fourth-order valence-corrected chi connectivity index (χ4v) is 4.76. The number of carbonyl (C=O) groups is 1. The third-order valence-corrected chi connectivity index (χ3v) is 6.51. The molecule has 0 saturated carbocycles. The number of piperidine rings is 1. The van der Waals surface area contributed by atoms with Gasteiger partial charge in [0.25, 0.3) is 5.91 Å². The normalized spacial score (nSPS) is 23.5. The van der Waals surface area contributed by atoms with Crippen molar-refractivity contribution in [1.29, 1.82) is 0 Å². The molecule has 2 fully saturated rings. The Hall–Kier alpha value is -1.69. The number of ether oxygens (including phenoxy) is 1. The predicted octanol–water partition coefficient (Wildman–Crippen LogP) is 3.58. The molecule has 1 atom stereocenters. The van der Waals surface area contributed by atoms with Crippen LogP contribution in [0.5, 0.6) is 0 Å². The summed E-state index contributed by atoms with van der Waals surface area (Å²) < 4.78 is 6.26. The van der Waals surface area contributed by atoms with Crippen LogP contribution >= 0.6 is 11.3 Å². The fraction of sp³-hybridized carbons (Fsp3) is 0.476. The van der Waals surface area contributed by atoms with E-state index >= 15 is 0 Å². The predicted molar refractivity (Wildman–Crippen MR) is 106 cm³/mol. The maximum Gasteiger partial charge on any atom is 0.255 e. The molecular formula is C21H26N2O2S. The Morgan fingerprint density at radius 1 is 1.15 bits per heavy atom. The van der Waals surface area contributed by atoms with Crippen molar-refractivity contribution >= 4 is 22.9 Å². The van der Waals surface area contributed by atoms with Gasteiger partial charge in [0.2, 0.25) is 0 Å². The second kappa shape index (κ2) is 7.51. The first-order valence-corrected chi connectivity index (χ1v) is 10.3. The smallest absolute Gasteiger partial charge is 0.255 e. The molecule has 1 aromatic heterocycles. The number of likely N-dealkylation sites (tertiary alicyclic amines) is 1. The fourth-order valence-electron chi connectivity index (χ4n) is 4.06. The van der Waals surface area contributed by atoms with Gasteiger partial charge in [0.1, 0.15) is 6.10 Å². The molecule has 1 aromatic carbocycles. The Morgan fingerprint density at radius 2 is 1.92 bits per heavy atom. The van der Waals surface area contributed by atoms with Gasteiger partial charge < -0.3 is 14.5 Å². The van der Waals surface area contributed by atoms with Crippen molar-refractivity contribution in [2.75, 3.05) is 31.1 Å². The zero-order valence-electron chi connectivity index (χ0n) is 15.3. The Kier molecular flexibility index (Phi) is 5.11. The zero-order chi connectivity index (χ0) is 18.0. The van der Waals surface area contributed by atoms with Crippen molar-refractivity contribution in [3.05, 3.63) is 52.7 Å². The highest BCUT2D eigenvalue weighted by Crippen LogP contribution is 2.35. The minimum absolute atomic E-state index is 0.0712. The van der Waals surface area contributed by atoms with Crippen LogP contribution in [0.25, 0.3) is 0 Å². The molecule has 138 valence electrons. The third kappa shape index (κ3) is 3.70. The van der Waals surface area contributed by atoms with E-state index in [9.17, 15) is 4.79 Å². The molecule has 1 unspecified atom stereocenters.